The molecule has 1 heterocycles. The lowest BCUT2D eigenvalue weighted by Crippen LogP contribution is -2.37. The fraction of sp³-hybridized carbons (Fsp3) is 0.280. The van der Waals surface area contributed by atoms with Gasteiger partial charge in [-0.3, -0.25) is 9.59 Å². The highest BCUT2D eigenvalue weighted by atomic mass is 16.5. The SMILES string of the molecule is CC(=O)NC1C(=O)N(CCCOc2ccc3ccccc3c2)c2c(C)ccc(C)c21. The number of ether oxygens (including phenoxy) is 1. The van der Waals surface area contributed by atoms with Crippen molar-refractivity contribution in [2.45, 2.75) is 33.2 Å². The Balaban J connectivity index is 1.46. The predicted molar refractivity (Wildman–Crippen MR) is 119 cm³/mol. The first-order valence-corrected chi connectivity index (χ1v) is 10.3. The summed E-state index contributed by atoms with van der Waals surface area (Å²) in [5, 5.41) is 5.14. The van der Waals surface area contributed by atoms with E-state index in [1.54, 1.807) is 4.90 Å². The van der Waals surface area contributed by atoms with Gasteiger partial charge in [0.15, 0.2) is 0 Å². The zero-order valence-electron chi connectivity index (χ0n) is 17.6. The Hall–Kier alpha value is -3.34. The quantitative estimate of drug-likeness (QED) is 0.620. The van der Waals surface area contributed by atoms with E-state index in [-0.39, 0.29) is 11.8 Å². The van der Waals surface area contributed by atoms with E-state index in [4.69, 9.17) is 4.74 Å². The number of hydrogen-bond acceptors (Lipinski definition) is 3. The summed E-state index contributed by atoms with van der Waals surface area (Å²) in [6.07, 6.45) is 0.693. The van der Waals surface area contributed by atoms with Gasteiger partial charge in [-0.15, -0.1) is 0 Å². The van der Waals surface area contributed by atoms with Gasteiger partial charge in [-0.1, -0.05) is 42.5 Å². The summed E-state index contributed by atoms with van der Waals surface area (Å²) in [4.78, 5) is 26.5. The van der Waals surface area contributed by atoms with Gasteiger partial charge in [0.2, 0.25) is 5.91 Å². The lowest BCUT2D eigenvalue weighted by Gasteiger charge is -2.20. The molecule has 0 radical (unpaired) electrons. The molecule has 3 aromatic rings. The van der Waals surface area contributed by atoms with Gasteiger partial charge in [0, 0.05) is 19.0 Å². The number of nitrogens with zero attached hydrogens (tertiary/aromatic N) is 1. The number of aryl methyl sites for hydroxylation is 2. The second-order valence-corrected chi connectivity index (χ2v) is 7.80. The lowest BCUT2D eigenvalue weighted by molar-refractivity contribution is -0.126. The number of carbonyl (C=O) groups excluding carboxylic acids is 2. The molecule has 1 aliphatic heterocycles. The molecule has 5 heteroatoms. The second kappa shape index (κ2) is 8.19. The Morgan fingerprint density at radius 3 is 2.53 bits per heavy atom. The standard InChI is InChI=1S/C25H26N2O3/c1-16-9-10-17(2)24-22(16)23(26-18(3)28)25(29)27(24)13-6-14-30-21-12-11-19-7-4-5-8-20(19)15-21/h4-5,7-12,15,23H,6,13-14H2,1-3H3,(H,26,28). The molecule has 0 saturated heterocycles. The van der Waals surface area contributed by atoms with Gasteiger partial charge in [-0.25, -0.2) is 0 Å². The topological polar surface area (TPSA) is 58.6 Å². The minimum Gasteiger partial charge on any atom is -0.494 e. The molecule has 30 heavy (non-hydrogen) atoms. The zero-order chi connectivity index (χ0) is 21.3. The van der Waals surface area contributed by atoms with E-state index in [9.17, 15) is 9.59 Å². The van der Waals surface area contributed by atoms with E-state index in [0.29, 0.717) is 19.6 Å². The zero-order valence-corrected chi connectivity index (χ0v) is 17.6. The van der Waals surface area contributed by atoms with Gasteiger partial charge >= 0.3 is 0 Å². The minimum atomic E-state index is -0.612. The maximum atomic E-state index is 13.1. The van der Waals surface area contributed by atoms with E-state index in [2.05, 4.69) is 23.5 Å². The Labute approximate surface area is 176 Å². The highest BCUT2D eigenvalue weighted by Crippen LogP contribution is 2.40. The molecule has 0 spiro atoms. The van der Waals surface area contributed by atoms with E-state index in [1.165, 1.54) is 12.3 Å². The van der Waals surface area contributed by atoms with Gasteiger partial charge in [0.05, 0.1) is 12.3 Å². The van der Waals surface area contributed by atoms with Crippen molar-refractivity contribution < 1.29 is 14.3 Å². The van der Waals surface area contributed by atoms with Crippen LogP contribution in [-0.4, -0.2) is 25.0 Å². The molecule has 0 aliphatic carbocycles. The lowest BCUT2D eigenvalue weighted by atomic mass is 9.99. The molecule has 1 atom stereocenters. The first kappa shape index (κ1) is 20.0. The monoisotopic (exact) mass is 402 g/mol. The van der Waals surface area contributed by atoms with Crippen LogP contribution in [0.25, 0.3) is 10.8 Å². The summed E-state index contributed by atoms with van der Waals surface area (Å²) in [6.45, 7) is 6.47. The van der Waals surface area contributed by atoms with Crippen molar-refractivity contribution >= 4 is 28.3 Å². The fourth-order valence-electron chi connectivity index (χ4n) is 4.16. The van der Waals surface area contributed by atoms with Crippen LogP contribution >= 0.6 is 0 Å². The number of anilines is 1. The Morgan fingerprint density at radius 1 is 1.03 bits per heavy atom. The van der Waals surface area contributed by atoms with Gasteiger partial charge in [-0.2, -0.15) is 0 Å². The van der Waals surface area contributed by atoms with E-state index >= 15 is 0 Å². The minimum absolute atomic E-state index is 0.0803. The first-order chi connectivity index (χ1) is 14.5. The highest BCUT2D eigenvalue weighted by Gasteiger charge is 2.39. The number of rotatable bonds is 6. The van der Waals surface area contributed by atoms with Crippen molar-refractivity contribution in [2.24, 2.45) is 0 Å². The van der Waals surface area contributed by atoms with E-state index in [0.717, 1.165) is 33.5 Å². The van der Waals surface area contributed by atoms with Gasteiger partial charge in [0.25, 0.3) is 5.91 Å². The second-order valence-electron chi connectivity index (χ2n) is 7.80. The van der Waals surface area contributed by atoms with Gasteiger partial charge in [-0.05, 0) is 54.3 Å². The van der Waals surface area contributed by atoms with Crippen LogP contribution in [0, 0.1) is 13.8 Å². The van der Waals surface area contributed by atoms with Crippen LogP contribution in [0.5, 0.6) is 5.75 Å². The summed E-state index contributed by atoms with van der Waals surface area (Å²) < 4.78 is 5.93. The molecule has 0 fully saturated rings. The van der Waals surface area contributed by atoms with Crippen LogP contribution in [0.1, 0.15) is 36.1 Å². The third-order valence-corrected chi connectivity index (χ3v) is 5.57. The van der Waals surface area contributed by atoms with Crippen molar-refractivity contribution in [1.82, 2.24) is 5.32 Å². The van der Waals surface area contributed by atoms with Crippen LogP contribution in [0.15, 0.2) is 54.6 Å². The molecule has 0 bridgehead atoms. The van der Waals surface area contributed by atoms with Crippen molar-refractivity contribution in [3.63, 3.8) is 0 Å². The third kappa shape index (κ3) is 3.75. The predicted octanol–water partition coefficient (Wildman–Crippen LogP) is 4.45. The molecule has 1 unspecified atom stereocenters. The smallest absolute Gasteiger partial charge is 0.254 e. The molecule has 2 amide bonds. The van der Waals surface area contributed by atoms with Crippen molar-refractivity contribution in [3.05, 3.63) is 71.3 Å². The van der Waals surface area contributed by atoms with Crippen LogP contribution in [0.3, 0.4) is 0 Å². The van der Waals surface area contributed by atoms with Crippen molar-refractivity contribution in [1.29, 1.82) is 0 Å². The summed E-state index contributed by atoms with van der Waals surface area (Å²) in [5.41, 5.74) is 3.87. The van der Waals surface area contributed by atoms with Gasteiger partial charge < -0.3 is 15.0 Å². The van der Waals surface area contributed by atoms with Crippen LogP contribution in [0.2, 0.25) is 0 Å². The highest BCUT2D eigenvalue weighted by molar-refractivity contribution is 6.07. The van der Waals surface area contributed by atoms with E-state index < -0.39 is 6.04 Å². The maximum absolute atomic E-state index is 13.1. The third-order valence-electron chi connectivity index (χ3n) is 5.57. The number of carbonyl (C=O) groups is 2. The molecule has 1 aliphatic rings. The molecule has 154 valence electrons. The number of nitrogens with one attached hydrogen (secondary N) is 1. The van der Waals surface area contributed by atoms with Gasteiger partial charge in [0.1, 0.15) is 11.8 Å². The van der Waals surface area contributed by atoms with E-state index in [1.807, 2.05) is 50.2 Å². The Morgan fingerprint density at radius 2 is 1.77 bits per heavy atom. The molecule has 4 rings (SSSR count). The Kier molecular flexibility index (Phi) is 5.44. The normalized spacial score (nSPS) is 15.4. The molecule has 0 saturated carbocycles. The Bertz CT molecular complexity index is 1120. The summed E-state index contributed by atoms with van der Waals surface area (Å²) in [5.74, 6) is 0.537. The molecule has 1 N–H and O–H groups in total. The number of hydrogen-bond donors (Lipinski definition) is 1. The van der Waals surface area contributed by atoms with Crippen LogP contribution in [0.4, 0.5) is 5.69 Å². The number of benzene rings is 3. The molecule has 0 aromatic heterocycles. The molecule has 5 nitrogen and oxygen atoms in total. The average Bonchev–Trinajstić information content (AvgIpc) is 3.00. The summed E-state index contributed by atoms with van der Waals surface area (Å²) >= 11 is 0. The number of fused-ring (bicyclic) bond motifs is 2. The molecular weight excluding hydrogens is 376 g/mol. The van der Waals surface area contributed by atoms with Crippen LogP contribution < -0.4 is 15.0 Å². The fourth-order valence-corrected chi connectivity index (χ4v) is 4.16. The summed E-state index contributed by atoms with van der Waals surface area (Å²) in [6, 6.07) is 17.6. The summed E-state index contributed by atoms with van der Waals surface area (Å²) in [7, 11) is 0. The largest absolute Gasteiger partial charge is 0.494 e. The average molecular weight is 402 g/mol. The maximum Gasteiger partial charge on any atom is 0.254 e. The van der Waals surface area contributed by atoms with Crippen molar-refractivity contribution in [2.75, 3.05) is 18.1 Å². The first-order valence-electron chi connectivity index (χ1n) is 10.3. The number of amides is 2. The molecule has 3 aromatic carbocycles. The van der Waals surface area contributed by atoms with Crippen LogP contribution in [-0.2, 0) is 9.59 Å². The van der Waals surface area contributed by atoms with Crippen molar-refractivity contribution in [3.8, 4) is 5.75 Å². The molecular formula is C25H26N2O3.